The molecule has 2 aliphatic heterocycles. The molecule has 0 aromatic heterocycles. The number of carbonyl (C=O) groups excluding carboxylic acids is 1. The van der Waals surface area contributed by atoms with Gasteiger partial charge in [-0.05, 0) is 5.92 Å². The van der Waals surface area contributed by atoms with Gasteiger partial charge in [0.05, 0.1) is 31.5 Å². The molecule has 144 valence electrons. The number of fused-ring (bicyclic) bond motifs is 1. The number of hydrogen-bond acceptors (Lipinski definition) is 7. The zero-order valence-electron chi connectivity index (χ0n) is 14.3. The van der Waals surface area contributed by atoms with E-state index >= 15 is 0 Å². The Hall–Kier alpha value is -2.07. The third-order valence-electron chi connectivity index (χ3n) is 4.24. The first-order valence-electron chi connectivity index (χ1n) is 8.12. The summed E-state index contributed by atoms with van der Waals surface area (Å²) in [4.78, 5) is 38.1. The van der Waals surface area contributed by atoms with Crippen molar-refractivity contribution in [3.05, 3.63) is 12.7 Å². The molecule has 0 aliphatic carbocycles. The second-order valence-corrected chi connectivity index (χ2v) is 7.18. The number of thioether (sulfide) groups is 1. The van der Waals surface area contributed by atoms with E-state index in [2.05, 4.69) is 16.9 Å². The molecule has 0 bridgehead atoms. The molecule has 10 heteroatoms. The van der Waals surface area contributed by atoms with E-state index in [9.17, 15) is 24.6 Å². The van der Waals surface area contributed by atoms with Crippen molar-refractivity contribution in [2.45, 2.75) is 37.3 Å². The Labute approximate surface area is 154 Å². The lowest BCUT2D eigenvalue weighted by Crippen LogP contribution is -2.54. The van der Waals surface area contributed by atoms with Crippen LogP contribution in [0, 0.1) is 11.8 Å². The number of esters is 1. The van der Waals surface area contributed by atoms with Crippen LogP contribution in [0.25, 0.3) is 0 Å². The van der Waals surface area contributed by atoms with Gasteiger partial charge in [-0.2, -0.15) is 0 Å². The van der Waals surface area contributed by atoms with E-state index in [1.807, 2.05) is 0 Å². The first kappa shape index (κ1) is 20.2. The first-order chi connectivity index (χ1) is 12.3. The van der Waals surface area contributed by atoms with Crippen LogP contribution < -0.4 is 5.32 Å². The fourth-order valence-electron chi connectivity index (χ4n) is 3.22. The van der Waals surface area contributed by atoms with Gasteiger partial charge in [0.25, 0.3) is 0 Å². The smallest absolute Gasteiger partial charge is 0.303 e. The topological polar surface area (TPSA) is 135 Å². The Morgan fingerprint density at radius 3 is 2.54 bits per heavy atom. The third-order valence-corrected chi connectivity index (χ3v) is 5.35. The minimum absolute atomic E-state index is 0.119. The highest BCUT2D eigenvalue weighted by atomic mass is 32.2. The molecule has 2 aliphatic rings. The molecule has 0 saturated carbocycles. The second kappa shape index (κ2) is 9.04. The number of carboxylic acids is 2. The third kappa shape index (κ3) is 5.21. The molecule has 0 spiro atoms. The summed E-state index contributed by atoms with van der Waals surface area (Å²) in [5, 5.41) is 22.3. The van der Waals surface area contributed by atoms with Gasteiger partial charge in [0.15, 0.2) is 5.17 Å². The SMILES string of the molecule is C=CCN=C1N[C@@H]2[C@H](CC(=O)O)[C@H](CC(=O)O)[C@H](COC(C)=O)O[C@@H]2S1. The molecule has 0 amide bonds. The molecule has 2 saturated heterocycles. The van der Waals surface area contributed by atoms with Gasteiger partial charge in [0.1, 0.15) is 12.0 Å². The van der Waals surface area contributed by atoms with Crippen molar-refractivity contribution in [3.8, 4) is 0 Å². The van der Waals surface area contributed by atoms with Crippen molar-refractivity contribution in [1.82, 2.24) is 5.32 Å². The van der Waals surface area contributed by atoms with Crippen LogP contribution in [0.5, 0.6) is 0 Å². The van der Waals surface area contributed by atoms with Gasteiger partial charge in [0, 0.05) is 12.8 Å². The molecule has 2 heterocycles. The quantitative estimate of drug-likeness (QED) is 0.407. The summed E-state index contributed by atoms with van der Waals surface area (Å²) in [6.45, 7) is 5.12. The van der Waals surface area contributed by atoms with Crippen molar-refractivity contribution >= 4 is 34.8 Å². The van der Waals surface area contributed by atoms with Crippen molar-refractivity contribution in [1.29, 1.82) is 0 Å². The Kier molecular flexibility index (Phi) is 7.04. The Balaban J connectivity index is 2.27. The lowest BCUT2D eigenvalue weighted by atomic mass is 9.76. The van der Waals surface area contributed by atoms with Crippen LogP contribution in [-0.2, 0) is 23.9 Å². The number of amidine groups is 1. The lowest BCUT2D eigenvalue weighted by molar-refractivity contribution is -0.163. The number of nitrogens with zero attached hydrogens (tertiary/aromatic N) is 1. The molecular formula is C16H22N2O7S. The number of carbonyl (C=O) groups is 3. The molecule has 0 aromatic rings. The number of nitrogens with one attached hydrogen (secondary N) is 1. The summed E-state index contributed by atoms with van der Waals surface area (Å²) in [6, 6.07) is -0.391. The lowest BCUT2D eigenvalue weighted by Gasteiger charge is -2.42. The van der Waals surface area contributed by atoms with Crippen LogP contribution in [-0.4, -0.2) is 64.0 Å². The maximum atomic E-state index is 11.4. The van der Waals surface area contributed by atoms with Crippen LogP contribution in [0.3, 0.4) is 0 Å². The molecular weight excluding hydrogens is 364 g/mol. The summed E-state index contributed by atoms with van der Waals surface area (Å²) < 4.78 is 11.0. The van der Waals surface area contributed by atoms with E-state index in [4.69, 9.17) is 9.47 Å². The van der Waals surface area contributed by atoms with E-state index in [-0.39, 0.29) is 19.4 Å². The number of ether oxygens (including phenoxy) is 2. The molecule has 5 atom stereocenters. The first-order valence-corrected chi connectivity index (χ1v) is 9.00. The Bertz CT molecular complexity index is 609. The highest BCUT2D eigenvalue weighted by molar-refractivity contribution is 8.14. The number of aliphatic imine (C=N–C) groups is 1. The standard InChI is InChI=1S/C16H22N2O7S/c1-3-4-17-16-18-14-10(6-13(22)23)9(5-12(20)21)11(7-24-8(2)19)25-15(14)26-16/h3,9-11,14-15H,1,4-7H2,2H3,(H,17,18)(H,20,21)(H,22,23)/t9-,10+,11-,14+,15+/m0/s1. The van der Waals surface area contributed by atoms with E-state index in [0.717, 1.165) is 0 Å². The van der Waals surface area contributed by atoms with Crippen molar-refractivity contribution in [2.24, 2.45) is 16.8 Å². The van der Waals surface area contributed by atoms with E-state index in [1.54, 1.807) is 6.08 Å². The minimum atomic E-state index is -1.06. The molecule has 2 rings (SSSR count). The summed E-state index contributed by atoms with van der Waals surface area (Å²) in [5.74, 6) is -3.72. The zero-order chi connectivity index (χ0) is 19.3. The van der Waals surface area contributed by atoms with Gasteiger partial charge < -0.3 is 25.0 Å². The monoisotopic (exact) mass is 386 g/mol. The number of carboxylic acid groups (broad SMARTS) is 2. The van der Waals surface area contributed by atoms with Gasteiger partial charge in [-0.25, -0.2) is 0 Å². The van der Waals surface area contributed by atoms with Gasteiger partial charge in [0.2, 0.25) is 0 Å². The fraction of sp³-hybridized carbons (Fsp3) is 0.625. The van der Waals surface area contributed by atoms with E-state index in [0.29, 0.717) is 11.7 Å². The predicted molar refractivity (Wildman–Crippen MR) is 93.8 cm³/mol. The van der Waals surface area contributed by atoms with Gasteiger partial charge in [-0.15, -0.1) is 6.58 Å². The minimum Gasteiger partial charge on any atom is -0.481 e. The summed E-state index contributed by atoms with van der Waals surface area (Å²) >= 11 is 1.31. The van der Waals surface area contributed by atoms with Crippen LogP contribution >= 0.6 is 11.8 Å². The maximum Gasteiger partial charge on any atom is 0.303 e. The van der Waals surface area contributed by atoms with Crippen molar-refractivity contribution in [3.63, 3.8) is 0 Å². The van der Waals surface area contributed by atoms with Crippen LogP contribution in [0.2, 0.25) is 0 Å². The Morgan fingerprint density at radius 1 is 1.31 bits per heavy atom. The molecule has 2 fully saturated rings. The molecule has 9 nitrogen and oxygen atoms in total. The number of hydrogen-bond donors (Lipinski definition) is 3. The molecule has 0 aromatic carbocycles. The number of aliphatic carboxylic acids is 2. The second-order valence-electron chi connectivity index (χ2n) is 6.09. The maximum absolute atomic E-state index is 11.4. The molecule has 0 radical (unpaired) electrons. The molecule has 26 heavy (non-hydrogen) atoms. The van der Waals surface area contributed by atoms with E-state index in [1.165, 1.54) is 18.7 Å². The molecule has 3 N–H and O–H groups in total. The average molecular weight is 386 g/mol. The highest BCUT2D eigenvalue weighted by Crippen LogP contribution is 2.42. The van der Waals surface area contributed by atoms with Gasteiger partial charge in [-0.1, -0.05) is 17.8 Å². The zero-order valence-corrected chi connectivity index (χ0v) is 15.1. The van der Waals surface area contributed by atoms with Crippen LogP contribution in [0.1, 0.15) is 19.8 Å². The molecule has 0 unspecified atom stereocenters. The van der Waals surface area contributed by atoms with Gasteiger partial charge >= 0.3 is 17.9 Å². The predicted octanol–water partition coefficient (Wildman–Crippen LogP) is 0.703. The highest BCUT2D eigenvalue weighted by Gasteiger charge is 2.51. The van der Waals surface area contributed by atoms with Crippen molar-refractivity contribution < 1.29 is 34.1 Å². The number of rotatable bonds is 8. The summed E-state index contributed by atoms with van der Waals surface area (Å²) in [6.07, 6.45) is 0.428. The van der Waals surface area contributed by atoms with Gasteiger partial charge in [-0.3, -0.25) is 19.4 Å². The Morgan fingerprint density at radius 2 is 1.96 bits per heavy atom. The fourth-order valence-corrected chi connectivity index (χ4v) is 4.41. The van der Waals surface area contributed by atoms with Crippen LogP contribution in [0.4, 0.5) is 0 Å². The summed E-state index contributed by atoms with van der Waals surface area (Å²) in [5.41, 5.74) is -0.437. The summed E-state index contributed by atoms with van der Waals surface area (Å²) in [7, 11) is 0. The van der Waals surface area contributed by atoms with Crippen LogP contribution in [0.15, 0.2) is 17.6 Å². The largest absolute Gasteiger partial charge is 0.481 e. The normalized spacial score (nSPS) is 31.7. The van der Waals surface area contributed by atoms with E-state index < -0.39 is 47.3 Å². The van der Waals surface area contributed by atoms with Crippen molar-refractivity contribution in [2.75, 3.05) is 13.2 Å². The average Bonchev–Trinajstić information content (AvgIpc) is 2.95.